The smallest absolute Gasteiger partial charge is 0.0465 e. The summed E-state index contributed by atoms with van der Waals surface area (Å²) >= 11 is 0. The first-order valence-corrected chi connectivity index (χ1v) is 4.56. The lowest BCUT2D eigenvalue weighted by atomic mass is 10.0. The summed E-state index contributed by atoms with van der Waals surface area (Å²) < 4.78 is 4.99. The van der Waals surface area contributed by atoms with Crippen molar-refractivity contribution in [2.24, 2.45) is 0 Å². The van der Waals surface area contributed by atoms with E-state index in [0.717, 1.165) is 19.4 Å². The number of hydrogen-bond acceptors (Lipinski definition) is 1. The van der Waals surface area contributed by atoms with Gasteiger partial charge in [-0.25, -0.2) is 0 Å². The van der Waals surface area contributed by atoms with Crippen LogP contribution in [0.25, 0.3) is 5.57 Å². The molecule has 1 nitrogen and oxygen atoms in total. The Kier molecular flexibility index (Phi) is 4.27. The maximum atomic E-state index is 4.99. The highest BCUT2D eigenvalue weighted by atomic mass is 16.5. The van der Waals surface area contributed by atoms with Crippen LogP contribution in [0.5, 0.6) is 0 Å². The Bertz CT molecular complexity index is 251. The molecule has 1 heteroatoms. The van der Waals surface area contributed by atoms with Crippen LogP contribution in [0.2, 0.25) is 0 Å². The van der Waals surface area contributed by atoms with E-state index in [0.29, 0.717) is 0 Å². The first-order chi connectivity index (χ1) is 6.34. The van der Waals surface area contributed by atoms with Crippen molar-refractivity contribution in [2.45, 2.75) is 12.8 Å². The fraction of sp³-hybridized carbons (Fsp3) is 0.333. The average molecular weight is 176 g/mol. The summed E-state index contributed by atoms with van der Waals surface area (Å²) in [6.07, 6.45) is 2.06. The lowest BCUT2D eigenvalue weighted by Gasteiger charge is -2.04. The van der Waals surface area contributed by atoms with E-state index in [1.54, 1.807) is 7.11 Å². The van der Waals surface area contributed by atoms with E-state index >= 15 is 0 Å². The van der Waals surface area contributed by atoms with Crippen LogP contribution in [-0.2, 0) is 4.74 Å². The van der Waals surface area contributed by atoms with Gasteiger partial charge in [0.2, 0.25) is 0 Å². The molecule has 0 atom stereocenters. The minimum atomic E-state index is 0.811. The van der Waals surface area contributed by atoms with E-state index in [1.807, 2.05) is 18.2 Å². The third-order valence-corrected chi connectivity index (χ3v) is 2.01. The highest BCUT2D eigenvalue weighted by molar-refractivity contribution is 5.62. The molecule has 0 aliphatic carbocycles. The Labute approximate surface area is 80.0 Å². The van der Waals surface area contributed by atoms with Gasteiger partial charge in [-0.3, -0.25) is 0 Å². The van der Waals surface area contributed by atoms with Gasteiger partial charge in [0, 0.05) is 13.7 Å². The first kappa shape index (κ1) is 10.0. The molecule has 0 saturated carbocycles. The molecule has 0 aliphatic heterocycles. The molecule has 0 N–H and O–H groups in total. The first-order valence-electron chi connectivity index (χ1n) is 4.56. The third-order valence-electron chi connectivity index (χ3n) is 2.01. The predicted octanol–water partition coefficient (Wildman–Crippen LogP) is 3.13. The number of methoxy groups -OCH3 is 1. The monoisotopic (exact) mass is 176 g/mol. The molecule has 0 radical (unpaired) electrons. The standard InChI is InChI=1S/C12H16O/c1-11(7-6-10-13-2)12-8-4-3-5-9-12/h3-5,8-9H,1,6-7,10H2,2H3. The number of benzene rings is 1. The molecule has 0 spiro atoms. The Morgan fingerprint density at radius 3 is 2.62 bits per heavy atom. The number of rotatable bonds is 5. The Hall–Kier alpha value is -1.08. The Morgan fingerprint density at radius 1 is 1.31 bits per heavy atom. The lowest BCUT2D eigenvalue weighted by molar-refractivity contribution is 0.196. The maximum Gasteiger partial charge on any atom is 0.0465 e. The van der Waals surface area contributed by atoms with Crippen LogP contribution < -0.4 is 0 Å². The minimum Gasteiger partial charge on any atom is -0.385 e. The van der Waals surface area contributed by atoms with Crippen molar-refractivity contribution >= 4 is 5.57 Å². The zero-order valence-electron chi connectivity index (χ0n) is 8.12. The van der Waals surface area contributed by atoms with Gasteiger partial charge in [0.15, 0.2) is 0 Å². The van der Waals surface area contributed by atoms with Crippen LogP contribution >= 0.6 is 0 Å². The quantitative estimate of drug-likeness (QED) is 0.626. The lowest BCUT2D eigenvalue weighted by Crippen LogP contribution is -1.89. The van der Waals surface area contributed by atoms with Gasteiger partial charge in [0.1, 0.15) is 0 Å². The number of allylic oxidation sites excluding steroid dienone is 1. The van der Waals surface area contributed by atoms with E-state index < -0.39 is 0 Å². The Morgan fingerprint density at radius 2 is 2.00 bits per heavy atom. The van der Waals surface area contributed by atoms with Gasteiger partial charge >= 0.3 is 0 Å². The molecule has 0 heterocycles. The zero-order valence-corrected chi connectivity index (χ0v) is 8.12. The SMILES string of the molecule is C=C(CCCOC)c1ccccc1. The molecule has 0 bridgehead atoms. The number of ether oxygens (including phenoxy) is 1. The van der Waals surface area contributed by atoms with Crippen LogP contribution in [-0.4, -0.2) is 13.7 Å². The van der Waals surface area contributed by atoms with E-state index in [4.69, 9.17) is 4.74 Å². The molecule has 1 rings (SSSR count). The van der Waals surface area contributed by atoms with Crippen LogP contribution in [0.4, 0.5) is 0 Å². The topological polar surface area (TPSA) is 9.23 Å². The molecule has 0 unspecified atom stereocenters. The molecule has 0 aromatic heterocycles. The third kappa shape index (κ3) is 3.43. The second-order valence-corrected chi connectivity index (χ2v) is 3.07. The van der Waals surface area contributed by atoms with Crippen molar-refractivity contribution in [3.8, 4) is 0 Å². The molecular formula is C12H16O. The zero-order chi connectivity index (χ0) is 9.52. The fourth-order valence-corrected chi connectivity index (χ4v) is 1.25. The van der Waals surface area contributed by atoms with Crippen molar-refractivity contribution in [3.63, 3.8) is 0 Å². The Balaban J connectivity index is 2.40. The van der Waals surface area contributed by atoms with E-state index in [1.165, 1.54) is 11.1 Å². The molecule has 1 aromatic rings. The molecule has 0 aliphatic rings. The van der Waals surface area contributed by atoms with Crippen molar-refractivity contribution in [3.05, 3.63) is 42.5 Å². The molecule has 0 saturated heterocycles. The van der Waals surface area contributed by atoms with Crippen molar-refractivity contribution in [1.82, 2.24) is 0 Å². The largest absolute Gasteiger partial charge is 0.385 e. The fourth-order valence-electron chi connectivity index (χ4n) is 1.25. The minimum absolute atomic E-state index is 0.811. The van der Waals surface area contributed by atoms with Gasteiger partial charge in [-0.05, 0) is 24.0 Å². The van der Waals surface area contributed by atoms with E-state index in [9.17, 15) is 0 Å². The summed E-state index contributed by atoms with van der Waals surface area (Å²) in [5, 5.41) is 0. The maximum absolute atomic E-state index is 4.99. The molecule has 0 fully saturated rings. The van der Waals surface area contributed by atoms with Gasteiger partial charge in [-0.15, -0.1) is 0 Å². The highest BCUT2D eigenvalue weighted by Crippen LogP contribution is 2.16. The highest BCUT2D eigenvalue weighted by Gasteiger charge is 1.96. The van der Waals surface area contributed by atoms with Gasteiger partial charge in [-0.2, -0.15) is 0 Å². The summed E-state index contributed by atoms with van der Waals surface area (Å²) in [5.74, 6) is 0. The molecular weight excluding hydrogens is 160 g/mol. The molecule has 0 amide bonds. The van der Waals surface area contributed by atoms with Crippen LogP contribution in [0.1, 0.15) is 18.4 Å². The van der Waals surface area contributed by atoms with Gasteiger partial charge in [0.05, 0.1) is 0 Å². The number of hydrogen-bond donors (Lipinski definition) is 0. The molecule has 13 heavy (non-hydrogen) atoms. The predicted molar refractivity (Wildman–Crippen MR) is 56.6 cm³/mol. The summed E-state index contributed by atoms with van der Waals surface area (Å²) in [7, 11) is 1.73. The second kappa shape index (κ2) is 5.55. The second-order valence-electron chi connectivity index (χ2n) is 3.07. The van der Waals surface area contributed by atoms with E-state index in [2.05, 4.69) is 18.7 Å². The van der Waals surface area contributed by atoms with Gasteiger partial charge in [0.25, 0.3) is 0 Å². The van der Waals surface area contributed by atoms with Crippen LogP contribution in [0.3, 0.4) is 0 Å². The summed E-state index contributed by atoms with van der Waals surface area (Å²) in [4.78, 5) is 0. The molecule has 1 aromatic carbocycles. The van der Waals surface area contributed by atoms with Crippen molar-refractivity contribution < 1.29 is 4.74 Å². The summed E-state index contributed by atoms with van der Waals surface area (Å²) in [5.41, 5.74) is 2.43. The molecule has 70 valence electrons. The van der Waals surface area contributed by atoms with Crippen LogP contribution in [0, 0.1) is 0 Å². The van der Waals surface area contributed by atoms with Crippen molar-refractivity contribution in [2.75, 3.05) is 13.7 Å². The average Bonchev–Trinajstić information content (AvgIpc) is 2.19. The summed E-state index contributed by atoms with van der Waals surface area (Å²) in [6.45, 7) is 4.85. The van der Waals surface area contributed by atoms with E-state index in [-0.39, 0.29) is 0 Å². The van der Waals surface area contributed by atoms with Crippen molar-refractivity contribution in [1.29, 1.82) is 0 Å². The van der Waals surface area contributed by atoms with Crippen LogP contribution in [0.15, 0.2) is 36.9 Å². The van der Waals surface area contributed by atoms with Gasteiger partial charge < -0.3 is 4.74 Å². The summed E-state index contributed by atoms with van der Waals surface area (Å²) in [6, 6.07) is 10.3. The van der Waals surface area contributed by atoms with Gasteiger partial charge in [-0.1, -0.05) is 36.9 Å². The normalized spacial score (nSPS) is 9.92.